The molecule has 0 aliphatic rings. The van der Waals surface area contributed by atoms with E-state index < -0.39 is 17.2 Å². The number of hydrogen-bond donors (Lipinski definition) is 2. The maximum atomic E-state index is 12.3. The number of carbonyl (C=O) groups is 2. The number of aromatic nitrogens is 2. The van der Waals surface area contributed by atoms with Gasteiger partial charge in [-0.1, -0.05) is 47.7 Å². The molecule has 0 aliphatic carbocycles. The number of amides is 3. The average molecular weight is 396 g/mol. The van der Waals surface area contributed by atoms with Gasteiger partial charge >= 0.3 is 6.03 Å². The van der Waals surface area contributed by atoms with E-state index in [2.05, 4.69) is 20.8 Å². The molecular weight excluding hydrogens is 376 g/mol. The van der Waals surface area contributed by atoms with Crippen LogP contribution in [0.25, 0.3) is 11.5 Å². The number of carbonyl (C=O) groups excluding carboxylic acids is 2. The van der Waals surface area contributed by atoms with Gasteiger partial charge in [0.05, 0.1) is 5.25 Å². The fourth-order valence-electron chi connectivity index (χ4n) is 2.48. The van der Waals surface area contributed by atoms with Gasteiger partial charge in [-0.15, -0.1) is 10.2 Å². The van der Waals surface area contributed by atoms with E-state index >= 15 is 0 Å². The third-order valence-corrected chi connectivity index (χ3v) is 4.88. The van der Waals surface area contributed by atoms with Crippen LogP contribution < -0.4 is 10.6 Å². The zero-order valence-electron chi connectivity index (χ0n) is 15.7. The molecule has 7 nitrogen and oxygen atoms in total. The third kappa shape index (κ3) is 4.98. The number of urea groups is 1. The van der Waals surface area contributed by atoms with Gasteiger partial charge in [0.1, 0.15) is 0 Å². The van der Waals surface area contributed by atoms with Crippen molar-refractivity contribution >= 4 is 29.4 Å². The summed E-state index contributed by atoms with van der Waals surface area (Å²) in [6.45, 7) is 5.53. The standard InChI is InChI=1S/C20H20N4O3S/c1-12-9-10-16(13(2)11-12)21-19(26)22-17(25)14(3)28-20-24-23-18(27-20)15-7-5-4-6-8-15/h4-11,14H,1-3H3,(H2,21,22,25,26). The van der Waals surface area contributed by atoms with Crippen LogP contribution in [0.15, 0.2) is 58.2 Å². The van der Waals surface area contributed by atoms with Gasteiger partial charge in [-0.3, -0.25) is 10.1 Å². The predicted molar refractivity (Wildman–Crippen MR) is 108 cm³/mol. The van der Waals surface area contributed by atoms with Crippen LogP contribution in [0.4, 0.5) is 10.5 Å². The first kappa shape index (κ1) is 19.6. The van der Waals surface area contributed by atoms with E-state index in [1.807, 2.05) is 56.3 Å². The molecule has 1 aromatic heterocycles. The largest absolute Gasteiger partial charge is 0.411 e. The van der Waals surface area contributed by atoms with E-state index in [9.17, 15) is 9.59 Å². The molecule has 0 spiro atoms. The molecule has 3 rings (SSSR count). The predicted octanol–water partition coefficient (Wildman–Crippen LogP) is 4.18. The molecule has 28 heavy (non-hydrogen) atoms. The van der Waals surface area contributed by atoms with E-state index in [4.69, 9.17) is 4.42 Å². The second-order valence-corrected chi connectivity index (χ2v) is 7.55. The van der Waals surface area contributed by atoms with Crippen molar-refractivity contribution in [3.63, 3.8) is 0 Å². The summed E-state index contributed by atoms with van der Waals surface area (Å²) in [5, 5.41) is 12.6. The van der Waals surface area contributed by atoms with Gasteiger partial charge in [-0.2, -0.15) is 0 Å². The number of hydrogen-bond acceptors (Lipinski definition) is 6. The number of imide groups is 1. The van der Waals surface area contributed by atoms with Crippen molar-refractivity contribution in [2.24, 2.45) is 0 Å². The van der Waals surface area contributed by atoms with Crippen LogP contribution in [0, 0.1) is 13.8 Å². The summed E-state index contributed by atoms with van der Waals surface area (Å²) in [5.41, 5.74) is 3.47. The normalized spacial score (nSPS) is 11.7. The van der Waals surface area contributed by atoms with Gasteiger partial charge in [0.25, 0.3) is 5.22 Å². The fourth-order valence-corrected chi connectivity index (χ4v) is 3.16. The van der Waals surface area contributed by atoms with Crippen LogP contribution >= 0.6 is 11.8 Å². The summed E-state index contributed by atoms with van der Waals surface area (Å²) < 4.78 is 5.58. The zero-order chi connectivity index (χ0) is 20.1. The van der Waals surface area contributed by atoms with Crippen molar-refractivity contribution in [1.82, 2.24) is 15.5 Å². The number of aryl methyl sites for hydroxylation is 2. The van der Waals surface area contributed by atoms with E-state index in [0.29, 0.717) is 11.6 Å². The summed E-state index contributed by atoms with van der Waals surface area (Å²) in [6, 6.07) is 14.4. The van der Waals surface area contributed by atoms with E-state index in [0.717, 1.165) is 28.5 Å². The lowest BCUT2D eigenvalue weighted by Crippen LogP contribution is -2.39. The zero-order valence-corrected chi connectivity index (χ0v) is 16.5. The van der Waals surface area contributed by atoms with E-state index in [-0.39, 0.29) is 5.22 Å². The number of nitrogens with one attached hydrogen (secondary N) is 2. The minimum Gasteiger partial charge on any atom is -0.411 e. The molecule has 1 unspecified atom stereocenters. The lowest BCUT2D eigenvalue weighted by molar-refractivity contribution is -0.119. The monoisotopic (exact) mass is 396 g/mol. The lowest BCUT2D eigenvalue weighted by atomic mass is 10.1. The summed E-state index contributed by atoms with van der Waals surface area (Å²) in [4.78, 5) is 24.4. The van der Waals surface area contributed by atoms with Crippen molar-refractivity contribution in [3.05, 3.63) is 59.7 Å². The molecule has 2 N–H and O–H groups in total. The number of thioether (sulfide) groups is 1. The number of rotatable bonds is 5. The van der Waals surface area contributed by atoms with Gasteiger partial charge in [0, 0.05) is 11.3 Å². The molecule has 1 heterocycles. The Labute approximate surface area is 166 Å². The highest BCUT2D eigenvalue weighted by molar-refractivity contribution is 8.00. The molecule has 8 heteroatoms. The molecule has 0 bridgehead atoms. The van der Waals surface area contributed by atoms with Gasteiger partial charge in [0.15, 0.2) is 0 Å². The van der Waals surface area contributed by atoms with Crippen LogP contribution in [-0.4, -0.2) is 27.4 Å². The Morgan fingerprint density at radius 2 is 1.82 bits per heavy atom. The Balaban J connectivity index is 1.56. The number of anilines is 1. The van der Waals surface area contributed by atoms with Crippen molar-refractivity contribution in [1.29, 1.82) is 0 Å². The Morgan fingerprint density at radius 1 is 1.07 bits per heavy atom. The third-order valence-electron chi connectivity index (χ3n) is 3.94. The molecule has 0 fully saturated rings. The molecule has 3 aromatic rings. The fraction of sp³-hybridized carbons (Fsp3) is 0.200. The maximum Gasteiger partial charge on any atom is 0.325 e. The van der Waals surface area contributed by atoms with Crippen LogP contribution in [0.3, 0.4) is 0 Å². The highest BCUT2D eigenvalue weighted by atomic mass is 32.2. The van der Waals surface area contributed by atoms with Crippen molar-refractivity contribution in [2.75, 3.05) is 5.32 Å². The molecule has 3 amide bonds. The summed E-state index contributed by atoms with van der Waals surface area (Å²) in [6.07, 6.45) is 0. The Morgan fingerprint density at radius 3 is 2.54 bits per heavy atom. The summed E-state index contributed by atoms with van der Waals surface area (Å²) in [5.74, 6) is -0.0741. The first-order valence-electron chi connectivity index (χ1n) is 8.67. The van der Waals surface area contributed by atoms with Gasteiger partial charge in [-0.05, 0) is 44.5 Å². The second kappa shape index (κ2) is 8.71. The highest BCUT2D eigenvalue weighted by Crippen LogP contribution is 2.26. The molecule has 144 valence electrons. The molecule has 2 aromatic carbocycles. The quantitative estimate of drug-likeness (QED) is 0.628. The molecule has 0 saturated heterocycles. The van der Waals surface area contributed by atoms with Gasteiger partial charge < -0.3 is 9.73 Å². The lowest BCUT2D eigenvalue weighted by Gasteiger charge is -2.12. The minimum absolute atomic E-state index is 0.260. The Kier molecular flexibility index (Phi) is 6.10. The molecule has 0 radical (unpaired) electrons. The Hall–Kier alpha value is -3.13. The summed E-state index contributed by atoms with van der Waals surface area (Å²) >= 11 is 1.09. The number of benzene rings is 2. The van der Waals surface area contributed by atoms with E-state index in [1.54, 1.807) is 13.0 Å². The van der Waals surface area contributed by atoms with Crippen LogP contribution in [0.1, 0.15) is 18.1 Å². The average Bonchev–Trinajstić information content (AvgIpc) is 3.13. The van der Waals surface area contributed by atoms with E-state index in [1.165, 1.54) is 0 Å². The number of nitrogens with zero attached hydrogens (tertiary/aromatic N) is 2. The molecule has 0 aliphatic heterocycles. The summed E-state index contributed by atoms with van der Waals surface area (Å²) in [7, 11) is 0. The maximum absolute atomic E-state index is 12.3. The van der Waals surface area contributed by atoms with Crippen molar-refractivity contribution in [2.45, 2.75) is 31.2 Å². The first-order valence-corrected chi connectivity index (χ1v) is 9.55. The smallest absolute Gasteiger partial charge is 0.325 e. The van der Waals surface area contributed by atoms with Crippen molar-refractivity contribution < 1.29 is 14.0 Å². The second-order valence-electron chi connectivity index (χ2n) is 6.26. The van der Waals surface area contributed by atoms with Crippen LogP contribution in [-0.2, 0) is 4.79 Å². The highest BCUT2D eigenvalue weighted by Gasteiger charge is 2.20. The Bertz CT molecular complexity index is 988. The molecule has 1 atom stereocenters. The van der Waals surface area contributed by atoms with Gasteiger partial charge in [0.2, 0.25) is 11.8 Å². The van der Waals surface area contributed by atoms with Gasteiger partial charge in [-0.25, -0.2) is 4.79 Å². The van der Waals surface area contributed by atoms with Crippen molar-refractivity contribution in [3.8, 4) is 11.5 Å². The molecule has 0 saturated carbocycles. The molecular formula is C20H20N4O3S. The van der Waals surface area contributed by atoms with Crippen LogP contribution in [0.5, 0.6) is 0 Å². The SMILES string of the molecule is Cc1ccc(NC(=O)NC(=O)C(C)Sc2nnc(-c3ccccc3)o2)c(C)c1. The van der Waals surface area contributed by atoms with Crippen LogP contribution in [0.2, 0.25) is 0 Å². The minimum atomic E-state index is -0.589. The topological polar surface area (TPSA) is 97.1 Å². The first-order chi connectivity index (χ1) is 13.4.